The number of fused-ring (bicyclic) bond motifs is 2. The van der Waals surface area contributed by atoms with Crippen molar-refractivity contribution in [2.24, 2.45) is 0 Å². The molecule has 3 heterocycles. The normalized spacial score (nSPS) is 21.6. The zero-order valence-corrected chi connectivity index (χ0v) is 21.5. The van der Waals surface area contributed by atoms with Gasteiger partial charge in [0.15, 0.2) is 0 Å². The molecule has 2 aliphatic heterocycles. The molecule has 2 aromatic carbocycles. The molecule has 8 nitrogen and oxygen atoms in total. The van der Waals surface area contributed by atoms with E-state index in [9.17, 15) is 19.0 Å². The van der Waals surface area contributed by atoms with Gasteiger partial charge in [-0.05, 0) is 61.7 Å². The summed E-state index contributed by atoms with van der Waals surface area (Å²) in [6.07, 6.45) is -1.06. The summed E-state index contributed by atoms with van der Waals surface area (Å²) in [4.78, 5) is 21.0. The smallest absolute Gasteiger partial charge is 0.410 e. The van der Waals surface area contributed by atoms with Crippen LogP contribution in [0.3, 0.4) is 0 Å². The summed E-state index contributed by atoms with van der Waals surface area (Å²) in [6.45, 7) is 10.9. The van der Waals surface area contributed by atoms with Crippen LogP contribution in [0.15, 0.2) is 60.0 Å². The van der Waals surface area contributed by atoms with Crippen molar-refractivity contribution < 1.29 is 23.7 Å². The van der Waals surface area contributed by atoms with Gasteiger partial charge >= 0.3 is 6.09 Å². The standard InChI is InChI=1S/C27H31N3O5S/c1-17-9-10-22-21(13-17)20(18(2)23-16-35-27(3,4)30(23)26(31)32)14-25(28-22)29-11-12-36(33,34)24-8-6-5-7-19(24)15-29/h5-10,13-14,23,33-34H,2,11-12,15-16H2,1,3-4H3,(H,31,32)/t23-/m0/s1. The number of aromatic nitrogens is 1. The van der Waals surface area contributed by atoms with Crippen LogP contribution in [-0.4, -0.2) is 60.9 Å². The van der Waals surface area contributed by atoms with Gasteiger partial charge in [-0.1, -0.05) is 36.4 Å². The number of anilines is 1. The van der Waals surface area contributed by atoms with E-state index in [0.717, 1.165) is 27.6 Å². The number of ether oxygens (including phenoxy) is 1. The van der Waals surface area contributed by atoms with E-state index in [0.29, 0.717) is 29.4 Å². The van der Waals surface area contributed by atoms with Crippen LogP contribution in [0.1, 0.15) is 30.5 Å². The van der Waals surface area contributed by atoms with Crippen molar-refractivity contribution in [3.05, 3.63) is 71.8 Å². The topological polar surface area (TPSA) is 106 Å². The number of hydrogen-bond acceptors (Lipinski definition) is 6. The Bertz CT molecular complexity index is 1370. The lowest BCUT2D eigenvalue weighted by molar-refractivity contribution is -0.0407. The maximum absolute atomic E-state index is 12.2. The van der Waals surface area contributed by atoms with Gasteiger partial charge in [-0.2, -0.15) is 10.6 Å². The summed E-state index contributed by atoms with van der Waals surface area (Å²) in [7, 11) is -2.91. The molecular weight excluding hydrogens is 478 g/mol. The third kappa shape index (κ3) is 4.22. The minimum Gasteiger partial charge on any atom is -0.465 e. The summed E-state index contributed by atoms with van der Waals surface area (Å²) in [5.41, 5.74) is 3.15. The highest BCUT2D eigenvalue weighted by atomic mass is 32.3. The van der Waals surface area contributed by atoms with E-state index in [1.807, 2.05) is 54.3 Å². The molecule has 1 amide bonds. The van der Waals surface area contributed by atoms with Crippen LogP contribution in [0.5, 0.6) is 0 Å². The fourth-order valence-corrected chi connectivity index (χ4v) is 6.68. The van der Waals surface area contributed by atoms with Gasteiger partial charge in [0.05, 0.1) is 28.8 Å². The minimum absolute atomic E-state index is 0.200. The second-order valence-corrected chi connectivity index (χ2v) is 12.1. The molecule has 0 radical (unpaired) electrons. The van der Waals surface area contributed by atoms with Crippen LogP contribution in [0, 0.1) is 6.92 Å². The lowest BCUT2D eigenvalue weighted by atomic mass is 9.95. The van der Waals surface area contributed by atoms with Gasteiger partial charge in [0.1, 0.15) is 11.5 Å². The van der Waals surface area contributed by atoms with Crippen LogP contribution in [0.2, 0.25) is 0 Å². The lowest BCUT2D eigenvalue weighted by Crippen LogP contribution is -2.47. The van der Waals surface area contributed by atoms with Crippen LogP contribution in [-0.2, 0) is 11.3 Å². The zero-order chi connectivity index (χ0) is 25.8. The fraction of sp³-hybridized carbons (Fsp3) is 0.333. The quantitative estimate of drug-likeness (QED) is 0.410. The Hall–Kier alpha value is -3.11. The molecule has 1 atom stereocenters. The second kappa shape index (κ2) is 8.77. The summed E-state index contributed by atoms with van der Waals surface area (Å²) < 4.78 is 27.4. The highest BCUT2D eigenvalue weighted by Gasteiger charge is 2.45. The maximum atomic E-state index is 12.2. The van der Waals surface area contributed by atoms with Crippen molar-refractivity contribution in [1.29, 1.82) is 0 Å². The zero-order valence-electron chi connectivity index (χ0n) is 20.6. The first-order chi connectivity index (χ1) is 17.0. The van der Waals surface area contributed by atoms with Gasteiger partial charge in [0.2, 0.25) is 0 Å². The van der Waals surface area contributed by atoms with Crippen molar-refractivity contribution >= 4 is 39.0 Å². The molecule has 3 aromatic rings. The van der Waals surface area contributed by atoms with E-state index in [4.69, 9.17) is 9.72 Å². The predicted octanol–water partition coefficient (Wildman–Crippen LogP) is 5.80. The SMILES string of the molecule is C=C(c1cc(N2CCS(O)(O)c3ccccc3C2)nc2ccc(C)cc12)[C@@H]1COC(C)(C)N1C(=O)O. The van der Waals surface area contributed by atoms with Gasteiger partial charge in [-0.15, -0.1) is 0 Å². The fourth-order valence-electron chi connectivity index (χ4n) is 5.14. The van der Waals surface area contributed by atoms with Crippen LogP contribution in [0.25, 0.3) is 16.5 Å². The number of rotatable bonds is 3. The molecule has 36 heavy (non-hydrogen) atoms. The molecule has 1 saturated heterocycles. The van der Waals surface area contributed by atoms with Crippen molar-refractivity contribution in [1.82, 2.24) is 9.88 Å². The van der Waals surface area contributed by atoms with Crippen molar-refractivity contribution in [3.63, 3.8) is 0 Å². The predicted molar refractivity (Wildman–Crippen MR) is 143 cm³/mol. The molecule has 0 spiro atoms. The Balaban J connectivity index is 1.61. The molecule has 190 valence electrons. The largest absolute Gasteiger partial charge is 0.465 e. The van der Waals surface area contributed by atoms with Crippen molar-refractivity contribution in [2.75, 3.05) is 23.8 Å². The number of pyridine rings is 1. The van der Waals surface area contributed by atoms with E-state index in [1.54, 1.807) is 19.9 Å². The Morgan fingerprint density at radius 2 is 1.94 bits per heavy atom. The molecular formula is C27H31N3O5S. The Kier molecular flexibility index (Phi) is 5.99. The Morgan fingerprint density at radius 1 is 1.19 bits per heavy atom. The number of amides is 1. The Labute approximate surface area is 212 Å². The molecule has 0 saturated carbocycles. The van der Waals surface area contributed by atoms with E-state index >= 15 is 0 Å². The van der Waals surface area contributed by atoms with E-state index < -0.39 is 28.4 Å². The highest BCUT2D eigenvalue weighted by molar-refractivity contribution is 8.24. The Morgan fingerprint density at radius 3 is 2.69 bits per heavy atom. The number of hydrogen-bond donors (Lipinski definition) is 3. The average molecular weight is 510 g/mol. The number of carbonyl (C=O) groups is 1. The van der Waals surface area contributed by atoms with Gasteiger partial charge < -0.3 is 14.7 Å². The molecule has 1 aromatic heterocycles. The molecule has 0 aliphatic carbocycles. The number of carboxylic acid groups (broad SMARTS) is 1. The number of aryl methyl sites for hydroxylation is 1. The number of nitrogens with zero attached hydrogens (tertiary/aromatic N) is 3. The summed E-state index contributed by atoms with van der Waals surface area (Å²) in [6, 6.07) is 14.8. The highest BCUT2D eigenvalue weighted by Crippen LogP contribution is 2.51. The first kappa shape index (κ1) is 24.6. The first-order valence-corrected chi connectivity index (χ1v) is 13.5. The van der Waals surface area contributed by atoms with Gasteiger partial charge in [-0.3, -0.25) is 14.0 Å². The lowest BCUT2D eigenvalue weighted by Gasteiger charge is -2.32. The molecule has 0 unspecified atom stereocenters. The monoisotopic (exact) mass is 509 g/mol. The third-order valence-electron chi connectivity index (χ3n) is 7.05. The third-order valence-corrected chi connectivity index (χ3v) is 8.90. The van der Waals surface area contributed by atoms with Crippen LogP contribution in [0.4, 0.5) is 10.6 Å². The molecule has 2 aliphatic rings. The minimum atomic E-state index is -2.91. The van der Waals surface area contributed by atoms with Crippen molar-refractivity contribution in [2.45, 2.75) is 44.0 Å². The van der Waals surface area contributed by atoms with Gasteiger partial charge in [0, 0.05) is 18.5 Å². The number of benzene rings is 2. The van der Waals surface area contributed by atoms with Crippen molar-refractivity contribution in [3.8, 4) is 0 Å². The van der Waals surface area contributed by atoms with Gasteiger partial charge in [-0.25, -0.2) is 9.78 Å². The van der Waals surface area contributed by atoms with E-state index in [1.165, 1.54) is 4.90 Å². The molecule has 1 fully saturated rings. The summed E-state index contributed by atoms with van der Waals surface area (Å²) >= 11 is 0. The first-order valence-electron chi connectivity index (χ1n) is 11.8. The van der Waals surface area contributed by atoms with E-state index in [2.05, 4.69) is 6.58 Å². The summed E-state index contributed by atoms with van der Waals surface area (Å²) in [5, 5.41) is 10.8. The molecule has 9 heteroatoms. The maximum Gasteiger partial charge on any atom is 0.410 e. The van der Waals surface area contributed by atoms with Crippen LogP contribution >= 0.6 is 10.6 Å². The van der Waals surface area contributed by atoms with Gasteiger partial charge in [0.25, 0.3) is 0 Å². The second-order valence-electron chi connectivity index (χ2n) is 9.90. The molecule has 3 N–H and O–H groups in total. The van der Waals surface area contributed by atoms with Crippen LogP contribution < -0.4 is 4.90 Å². The summed E-state index contributed by atoms with van der Waals surface area (Å²) in [5.74, 6) is 0.875. The average Bonchev–Trinajstić information content (AvgIpc) is 3.08. The van der Waals surface area contributed by atoms with E-state index in [-0.39, 0.29) is 12.4 Å². The molecule has 5 rings (SSSR count). The molecule has 0 bridgehead atoms.